The van der Waals surface area contributed by atoms with Gasteiger partial charge < -0.3 is 14.4 Å². The topological polar surface area (TPSA) is 54.9 Å². The second kappa shape index (κ2) is 5.96. The molecule has 5 nitrogen and oxygen atoms in total. The molecule has 0 saturated carbocycles. The molecule has 0 fully saturated rings. The largest absolute Gasteiger partial charge is 0.496 e. The zero-order valence-electron chi connectivity index (χ0n) is 13.1. The minimum absolute atomic E-state index is 0.717. The number of fused-ring (bicyclic) bond motifs is 2. The molecular weight excluding hydrogens is 344 g/mol. The number of H-pyrrole nitrogens is 1. The average Bonchev–Trinajstić information content (AvgIpc) is 3.13. The van der Waals surface area contributed by atoms with Crippen LogP contribution in [0.1, 0.15) is 0 Å². The minimum Gasteiger partial charge on any atom is -0.496 e. The van der Waals surface area contributed by atoms with Crippen molar-refractivity contribution in [3.8, 4) is 5.75 Å². The molecule has 0 spiro atoms. The molecule has 0 aliphatic rings. The fourth-order valence-electron chi connectivity index (χ4n) is 2.78. The number of aromatic amines is 1. The van der Waals surface area contributed by atoms with E-state index in [0.717, 1.165) is 38.3 Å². The number of ether oxygens (including phenoxy) is 1. The first-order chi connectivity index (χ1) is 11.7. The van der Waals surface area contributed by atoms with Crippen LogP contribution < -0.4 is 9.46 Å². The van der Waals surface area contributed by atoms with Crippen molar-refractivity contribution in [1.29, 1.82) is 0 Å². The lowest BCUT2D eigenvalue weighted by molar-refractivity contribution is 0.420. The Kier molecular flexibility index (Phi) is 3.78. The number of halogens is 1. The molecule has 0 radical (unpaired) electrons. The fourth-order valence-corrected chi connectivity index (χ4v) is 3.71. The predicted octanol–water partition coefficient (Wildman–Crippen LogP) is 4.84. The van der Waals surface area contributed by atoms with Crippen molar-refractivity contribution < 1.29 is 4.74 Å². The maximum Gasteiger partial charge on any atom is 0.169 e. The molecule has 0 unspecified atom stereocenters. The van der Waals surface area contributed by atoms with E-state index in [0.29, 0.717) is 5.02 Å². The Balaban J connectivity index is 1.69. The van der Waals surface area contributed by atoms with Crippen molar-refractivity contribution in [3.63, 3.8) is 0 Å². The van der Waals surface area contributed by atoms with Gasteiger partial charge >= 0.3 is 0 Å². The lowest BCUT2D eigenvalue weighted by Crippen LogP contribution is -1.91. The zero-order valence-corrected chi connectivity index (χ0v) is 14.7. The zero-order chi connectivity index (χ0) is 16.7. The van der Waals surface area contributed by atoms with Crippen LogP contribution in [0.4, 0.5) is 5.82 Å². The summed E-state index contributed by atoms with van der Waals surface area (Å²) >= 11 is 7.54. The summed E-state index contributed by atoms with van der Waals surface area (Å²) in [5, 5.41) is 7.37. The highest BCUT2D eigenvalue weighted by Crippen LogP contribution is 2.35. The highest BCUT2D eigenvalue weighted by Gasteiger charge is 2.14. The van der Waals surface area contributed by atoms with Crippen LogP contribution in [0.3, 0.4) is 0 Å². The molecule has 4 aromatic rings. The van der Waals surface area contributed by atoms with E-state index >= 15 is 0 Å². The van der Waals surface area contributed by atoms with Crippen molar-refractivity contribution in [1.82, 2.24) is 14.8 Å². The summed E-state index contributed by atoms with van der Waals surface area (Å²) in [6.07, 6.45) is 1.96. The third kappa shape index (κ3) is 2.48. The van der Waals surface area contributed by atoms with Gasteiger partial charge in [-0.05, 0) is 36.2 Å². The van der Waals surface area contributed by atoms with E-state index in [1.165, 1.54) is 11.9 Å². The number of methoxy groups -OCH3 is 1. The first-order valence-corrected chi connectivity index (χ1v) is 8.56. The summed E-state index contributed by atoms with van der Waals surface area (Å²) in [6, 6.07) is 11.7. The van der Waals surface area contributed by atoms with Gasteiger partial charge in [-0.15, -0.1) is 0 Å². The van der Waals surface area contributed by atoms with E-state index < -0.39 is 0 Å². The number of hydrogen-bond donors (Lipinski definition) is 2. The van der Waals surface area contributed by atoms with Crippen molar-refractivity contribution in [2.24, 2.45) is 7.05 Å². The smallest absolute Gasteiger partial charge is 0.169 e. The molecule has 0 aliphatic carbocycles. The Labute approximate surface area is 148 Å². The molecular formula is C17H15ClN4OS. The molecule has 0 saturated heterocycles. The predicted molar refractivity (Wildman–Crippen MR) is 100 cm³/mol. The van der Waals surface area contributed by atoms with Crippen LogP contribution in [-0.2, 0) is 7.05 Å². The second-order valence-electron chi connectivity index (χ2n) is 5.37. The Morgan fingerprint density at radius 1 is 1.29 bits per heavy atom. The van der Waals surface area contributed by atoms with Crippen molar-refractivity contribution in [2.75, 3.05) is 11.8 Å². The van der Waals surface area contributed by atoms with E-state index in [2.05, 4.69) is 14.8 Å². The van der Waals surface area contributed by atoms with E-state index in [9.17, 15) is 0 Å². The summed E-state index contributed by atoms with van der Waals surface area (Å²) in [6.45, 7) is 0. The number of hydrogen-bond acceptors (Lipinski definition) is 4. The van der Waals surface area contributed by atoms with Crippen LogP contribution in [0.25, 0.3) is 21.8 Å². The van der Waals surface area contributed by atoms with E-state index in [-0.39, 0.29) is 0 Å². The summed E-state index contributed by atoms with van der Waals surface area (Å²) < 4.78 is 10.7. The van der Waals surface area contributed by atoms with Crippen molar-refractivity contribution in [2.45, 2.75) is 4.90 Å². The van der Waals surface area contributed by atoms with Crippen molar-refractivity contribution in [3.05, 3.63) is 47.6 Å². The first-order valence-electron chi connectivity index (χ1n) is 7.36. The normalized spacial score (nSPS) is 11.3. The van der Waals surface area contributed by atoms with Crippen molar-refractivity contribution >= 4 is 51.2 Å². The molecule has 2 aromatic heterocycles. The number of benzene rings is 2. The molecule has 2 aromatic carbocycles. The van der Waals surface area contributed by atoms with Crippen LogP contribution in [0.2, 0.25) is 5.02 Å². The molecule has 0 aliphatic heterocycles. The summed E-state index contributed by atoms with van der Waals surface area (Å²) in [7, 11) is 3.59. The number of nitrogens with zero attached hydrogens (tertiary/aromatic N) is 2. The number of rotatable bonds is 4. The van der Waals surface area contributed by atoms with E-state index in [1.807, 2.05) is 54.3 Å². The molecule has 24 heavy (non-hydrogen) atoms. The number of aromatic nitrogens is 3. The van der Waals surface area contributed by atoms with Crippen LogP contribution in [0, 0.1) is 0 Å². The Hall–Kier alpha value is -2.31. The first kappa shape index (κ1) is 15.2. The standard InChI is InChI=1S/C17H15ClN4OS/c1-22-13-4-3-5-14(23-2)16(13)17(20-22)21-24-15-9-19-12-8-10(18)6-7-11(12)15/h3-9,19H,1-2H3,(H,20,21). The molecule has 0 atom stereocenters. The SMILES string of the molecule is COc1cccc2c1c(NSc1c[nH]c3cc(Cl)ccc13)nn2C. The molecule has 0 bridgehead atoms. The van der Waals surface area contributed by atoms with Gasteiger partial charge in [0, 0.05) is 29.2 Å². The van der Waals surface area contributed by atoms with Gasteiger partial charge in [-0.2, -0.15) is 5.10 Å². The summed E-state index contributed by atoms with van der Waals surface area (Å²) in [5.41, 5.74) is 2.03. The Morgan fingerprint density at radius 3 is 3.00 bits per heavy atom. The van der Waals surface area contributed by atoms with Crippen LogP contribution in [0.5, 0.6) is 5.75 Å². The number of aryl methyl sites for hydroxylation is 1. The van der Waals surface area contributed by atoms with Gasteiger partial charge in [0.25, 0.3) is 0 Å². The van der Waals surface area contributed by atoms with Gasteiger partial charge in [-0.3, -0.25) is 4.68 Å². The summed E-state index contributed by atoms with van der Waals surface area (Å²) in [4.78, 5) is 4.31. The minimum atomic E-state index is 0.717. The van der Waals surface area contributed by atoms with Crippen LogP contribution in [0.15, 0.2) is 47.5 Å². The Bertz CT molecular complexity index is 1040. The monoisotopic (exact) mass is 358 g/mol. The highest BCUT2D eigenvalue weighted by molar-refractivity contribution is 8.00. The maximum absolute atomic E-state index is 6.03. The Morgan fingerprint density at radius 2 is 2.17 bits per heavy atom. The molecule has 0 amide bonds. The third-order valence-corrected chi connectivity index (χ3v) is 5.01. The molecule has 2 N–H and O–H groups in total. The maximum atomic E-state index is 6.03. The van der Waals surface area contributed by atoms with E-state index in [4.69, 9.17) is 16.3 Å². The van der Waals surface area contributed by atoms with Gasteiger partial charge in [-0.25, -0.2) is 0 Å². The van der Waals surface area contributed by atoms with Crippen LogP contribution in [-0.4, -0.2) is 21.9 Å². The molecule has 2 heterocycles. The van der Waals surface area contributed by atoms with E-state index in [1.54, 1.807) is 7.11 Å². The van der Waals surface area contributed by atoms with Gasteiger partial charge in [0.05, 0.1) is 22.9 Å². The molecule has 7 heteroatoms. The second-order valence-corrected chi connectivity index (χ2v) is 6.66. The number of nitrogens with one attached hydrogen (secondary N) is 2. The van der Waals surface area contributed by atoms with Gasteiger partial charge in [0.2, 0.25) is 0 Å². The van der Waals surface area contributed by atoms with Gasteiger partial charge in [0.1, 0.15) is 5.75 Å². The fraction of sp³-hybridized carbons (Fsp3) is 0.118. The average molecular weight is 359 g/mol. The lowest BCUT2D eigenvalue weighted by Gasteiger charge is -2.05. The molecule has 122 valence electrons. The summed E-state index contributed by atoms with van der Waals surface area (Å²) in [5.74, 6) is 1.58. The quantitative estimate of drug-likeness (QED) is 0.513. The highest BCUT2D eigenvalue weighted by atomic mass is 35.5. The lowest BCUT2D eigenvalue weighted by atomic mass is 10.2. The molecule has 4 rings (SSSR count). The van der Waals surface area contributed by atoms with Gasteiger partial charge in [0.15, 0.2) is 5.82 Å². The number of anilines is 1. The van der Waals surface area contributed by atoms with Crippen LogP contribution >= 0.6 is 23.5 Å². The van der Waals surface area contributed by atoms with Gasteiger partial charge in [-0.1, -0.05) is 23.7 Å². The third-order valence-electron chi connectivity index (χ3n) is 3.92.